The van der Waals surface area contributed by atoms with E-state index in [1.807, 2.05) is 0 Å². The van der Waals surface area contributed by atoms with Gasteiger partial charge >= 0.3 is 5.69 Å². The Bertz CT molecular complexity index is 427. The van der Waals surface area contributed by atoms with E-state index >= 15 is 0 Å². The first-order valence-corrected chi connectivity index (χ1v) is 6.75. The van der Waals surface area contributed by atoms with Crippen LogP contribution < -0.4 is 4.74 Å². The number of methoxy groups -OCH3 is 1. The molecule has 0 aliphatic heterocycles. The Morgan fingerprint density at radius 2 is 2.05 bits per heavy atom. The van der Waals surface area contributed by atoms with Crippen LogP contribution in [0.4, 0.5) is 5.69 Å². The fourth-order valence-electron chi connectivity index (χ4n) is 1.50. The van der Waals surface area contributed by atoms with E-state index in [1.54, 1.807) is 19.2 Å². The molecule has 0 spiro atoms. The van der Waals surface area contributed by atoms with Crippen molar-refractivity contribution in [2.24, 2.45) is 0 Å². The van der Waals surface area contributed by atoms with Crippen molar-refractivity contribution >= 4 is 17.3 Å². The third kappa shape index (κ3) is 5.73. The van der Waals surface area contributed by atoms with Gasteiger partial charge in [0.2, 0.25) is 0 Å². The predicted molar refractivity (Wildman–Crippen MR) is 75.5 cm³/mol. The Hall–Kier alpha value is -1.37. The highest BCUT2D eigenvalue weighted by atomic mass is 35.5. The molecule has 0 aliphatic carbocycles. The predicted octanol–water partition coefficient (Wildman–Crippen LogP) is 2.77. The summed E-state index contributed by atoms with van der Waals surface area (Å²) in [6.45, 7) is 1.94. The lowest BCUT2D eigenvalue weighted by Crippen LogP contribution is -2.07. The van der Waals surface area contributed by atoms with E-state index < -0.39 is 4.92 Å². The number of halogens is 1. The summed E-state index contributed by atoms with van der Waals surface area (Å²) in [6, 6.07) is 4.62. The molecule has 6 nitrogen and oxygen atoms in total. The van der Waals surface area contributed by atoms with Crippen molar-refractivity contribution in [2.75, 3.05) is 33.5 Å². The summed E-state index contributed by atoms with van der Waals surface area (Å²) in [4.78, 5) is 10.4. The molecule has 0 amide bonds. The molecule has 0 atom stereocenters. The van der Waals surface area contributed by atoms with Crippen LogP contribution in [0.25, 0.3) is 0 Å². The van der Waals surface area contributed by atoms with E-state index in [4.69, 9.17) is 25.8 Å². The number of hydrogen-bond acceptors (Lipinski definition) is 5. The van der Waals surface area contributed by atoms with Crippen molar-refractivity contribution in [3.05, 3.63) is 33.9 Å². The zero-order valence-corrected chi connectivity index (χ0v) is 12.1. The van der Waals surface area contributed by atoms with Crippen LogP contribution in [0.15, 0.2) is 18.2 Å². The van der Waals surface area contributed by atoms with Gasteiger partial charge in [-0.25, -0.2) is 0 Å². The average Bonchev–Trinajstić information content (AvgIpc) is 2.45. The molecule has 0 N–H and O–H groups in total. The second-order valence-electron chi connectivity index (χ2n) is 4.00. The Labute approximate surface area is 122 Å². The number of benzene rings is 1. The van der Waals surface area contributed by atoms with E-state index in [2.05, 4.69) is 0 Å². The van der Waals surface area contributed by atoms with Gasteiger partial charge in [0.25, 0.3) is 0 Å². The van der Waals surface area contributed by atoms with Gasteiger partial charge < -0.3 is 14.2 Å². The van der Waals surface area contributed by atoms with Crippen LogP contribution in [0.5, 0.6) is 5.75 Å². The van der Waals surface area contributed by atoms with E-state index in [0.717, 1.165) is 5.56 Å². The molecule has 0 bridgehead atoms. The average molecular weight is 304 g/mol. The van der Waals surface area contributed by atoms with Gasteiger partial charge in [0.15, 0.2) is 5.75 Å². The number of alkyl halides is 1. The minimum Gasteiger partial charge on any atom is -0.487 e. The van der Waals surface area contributed by atoms with Crippen LogP contribution in [0.3, 0.4) is 0 Å². The second kappa shape index (κ2) is 9.52. The zero-order chi connectivity index (χ0) is 14.8. The largest absolute Gasteiger partial charge is 0.487 e. The molecule has 1 aromatic carbocycles. The molecule has 0 unspecified atom stereocenters. The highest BCUT2D eigenvalue weighted by molar-refractivity contribution is 6.17. The number of hydrogen-bond donors (Lipinski definition) is 0. The SMILES string of the molecule is COCCOCCCOc1cc(CCl)ccc1[N+](=O)[O-]. The van der Waals surface area contributed by atoms with Gasteiger partial charge in [0.1, 0.15) is 0 Å². The Morgan fingerprint density at radius 3 is 2.70 bits per heavy atom. The molecular formula is C13H18ClNO5. The number of nitrogens with zero attached hydrogens (tertiary/aromatic N) is 1. The van der Waals surface area contributed by atoms with E-state index in [-0.39, 0.29) is 17.3 Å². The smallest absolute Gasteiger partial charge is 0.310 e. The summed E-state index contributed by atoms with van der Waals surface area (Å²) in [5, 5.41) is 10.9. The maximum Gasteiger partial charge on any atom is 0.310 e. The van der Waals surface area contributed by atoms with Crippen molar-refractivity contribution < 1.29 is 19.1 Å². The third-order valence-corrected chi connectivity index (χ3v) is 2.81. The van der Waals surface area contributed by atoms with Crippen LogP contribution in [0, 0.1) is 10.1 Å². The summed E-state index contributed by atoms with van der Waals surface area (Å²) in [7, 11) is 1.61. The summed E-state index contributed by atoms with van der Waals surface area (Å²) < 4.78 is 15.6. The maximum atomic E-state index is 10.9. The van der Waals surface area contributed by atoms with Crippen LogP contribution in [-0.4, -0.2) is 38.5 Å². The molecule has 0 fully saturated rings. The fourth-order valence-corrected chi connectivity index (χ4v) is 1.66. The first-order valence-electron chi connectivity index (χ1n) is 6.21. The van der Waals surface area contributed by atoms with Gasteiger partial charge in [-0.2, -0.15) is 0 Å². The van der Waals surface area contributed by atoms with Crippen LogP contribution >= 0.6 is 11.6 Å². The molecule has 0 saturated heterocycles. The molecule has 0 saturated carbocycles. The maximum absolute atomic E-state index is 10.9. The molecular weight excluding hydrogens is 286 g/mol. The quantitative estimate of drug-likeness (QED) is 0.288. The fraction of sp³-hybridized carbons (Fsp3) is 0.538. The van der Waals surface area contributed by atoms with Gasteiger partial charge in [0, 0.05) is 32.1 Å². The molecule has 1 aromatic rings. The number of rotatable bonds is 10. The van der Waals surface area contributed by atoms with Crippen LogP contribution in [0.2, 0.25) is 0 Å². The molecule has 20 heavy (non-hydrogen) atoms. The molecule has 0 radical (unpaired) electrons. The Kier molecular flexibility index (Phi) is 7.94. The molecule has 0 aromatic heterocycles. The lowest BCUT2D eigenvalue weighted by molar-refractivity contribution is -0.385. The Morgan fingerprint density at radius 1 is 1.25 bits per heavy atom. The Balaban J connectivity index is 2.43. The van der Waals surface area contributed by atoms with Gasteiger partial charge in [0.05, 0.1) is 24.7 Å². The minimum absolute atomic E-state index is 0.0563. The molecule has 7 heteroatoms. The van der Waals surface area contributed by atoms with Crippen molar-refractivity contribution in [3.8, 4) is 5.75 Å². The monoisotopic (exact) mass is 303 g/mol. The summed E-state index contributed by atoms with van der Waals surface area (Å²) in [5.41, 5.74) is 0.725. The lowest BCUT2D eigenvalue weighted by atomic mass is 10.2. The summed E-state index contributed by atoms with van der Waals surface area (Å²) in [5.74, 6) is 0.527. The molecule has 0 aliphatic rings. The van der Waals surface area contributed by atoms with Crippen molar-refractivity contribution in [1.29, 1.82) is 0 Å². The third-order valence-electron chi connectivity index (χ3n) is 2.50. The van der Waals surface area contributed by atoms with Crippen molar-refractivity contribution in [3.63, 3.8) is 0 Å². The van der Waals surface area contributed by atoms with E-state index in [0.29, 0.717) is 32.8 Å². The van der Waals surface area contributed by atoms with Crippen LogP contribution in [-0.2, 0) is 15.4 Å². The lowest BCUT2D eigenvalue weighted by Gasteiger charge is -2.08. The molecule has 0 heterocycles. The van der Waals surface area contributed by atoms with Crippen molar-refractivity contribution in [1.82, 2.24) is 0 Å². The normalized spacial score (nSPS) is 10.5. The standard InChI is InChI=1S/C13H18ClNO5/c1-18-7-8-19-5-2-6-20-13-9-11(10-14)3-4-12(13)15(16)17/h3-4,9H,2,5-8,10H2,1H3. The first kappa shape index (κ1) is 16.7. The number of ether oxygens (including phenoxy) is 3. The zero-order valence-electron chi connectivity index (χ0n) is 11.3. The number of nitro groups is 1. The van der Waals surface area contributed by atoms with Crippen molar-refractivity contribution in [2.45, 2.75) is 12.3 Å². The highest BCUT2D eigenvalue weighted by Gasteiger charge is 2.15. The van der Waals surface area contributed by atoms with Gasteiger partial charge in [-0.15, -0.1) is 11.6 Å². The minimum atomic E-state index is -0.470. The van der Waals surface area contributed by atoms with Gasteiger partial charge in [-0.05, 0) is 11.6 Å². The topological polar surface area (TPSA) is 70.8 Å². The van der Waals surface area contributed by atoms with Gasteiger partial charge in [-0.3, -0.25) is 10.1 Å². The molecule has 112 valence electrons. The second-order valence-corrected chi connectivity index (χ2v) is 4.27. The van der Waals surface area contributed by atoms with Gasteiger partial charge in [-0.1, -0.05) is 6.07 Å². The summed E-state index contributed by atoms with van der Waals surface area (Å²) in [6.07, 6.45) is 0.645. The van der Waals surface area contributed by atoms with E-state index in [1.165, 1.54) is 6.07 Å². The molecule has 1 rings (SSSR count). The number of nitro benzene ring substituents is 1. The first-order chi connectivity index (χ1) is 9.69. The summed E-state index contributed by atoms with van der Waals surface area (Å²) >= 11 is 5.71. The van der Waals surface area contributed by atoms with E-state index in [9.17, 15) is 10.1 Å². The van der Waals surface area contributed by atoms with Crippen LogP contribution in [0.1, 0.15) is 12.0 Å². The highest BCUT2D eigenvalue weighted by Crippen LogP contribution is 2.28.